The summed E-state index contributed by atoms with van der Waals surface area (Å²) in [5, 5.41) is 10.8. The van der Waals surface area contributed by atoms with Crippen LogP contribution in [0.15, 0.2) is 65.3 Å². The minimum atomic E-state index is -0.528. The second-order valence-electron chi connectivity index (χ2n) is 5.47. The maximum atomic E-state index is 11.9. The van der Waals surface area contributed by atoms with Gasteiger partial charge in [0, 0.05) is 18.2 Å². The Morgan fingerprint density at radius 1 is 1.08 bits per heavy atom. The molecule has 0 spiro atoms. The SMILES string of the molecule is Cc1ccc(/C=C2N=C(/C=C/c3cccc([N+](=O)[O-])c3)OC\2=O)cc1. The molecule has 0 saturated carbocycles. The molecular formula is C19H14N2O4. The summed E-state index contributed by atoms with van der Waals surface area (Å²) in [5.74, 6) is -0.380. The molecule has 0 aromatic heterocycles. The third-order valence-corrected chi connectivity index (χ3v) is 3.52. The highest BCUT2D eigenvalue weighted by Gasteiger charge is 2.21. The van der Waals surface area contributed by atoms with E-state index < -0.39 is 10.9 Å². The minimum Gasteiger partial charge on any atom is -0.403 e. The lowest BCUT2D eigenvalue weighted by atomic mass is 10.1. The summed E-state index contributed by atoms with van der Waals surface area (Å²) in [6.45, 7) is 1.98. The fourth-order valence-electron chi connectivity index (χ4n) is 2.23. The van der Waals surface area contributed by atoms with Gasteiger partial charge in [0.1, 0.15) is 0 Å². The van der Waals surface area contributed by atoms with Crippen molar-refractivity contribution in [3.05, 3.63) is 87.1 Å². The number of nitro benzene ring substituents is 1. The van der Waals surface area contributed by atoms with Crippen molar-refractivity contribution in [2.45, 2.75) is 6.92 Å². The van der Waals surface area contributed by atoms with Crippen molar-refractivity contribution in [1.82, 2.24) is 0 Å². The molecule has 2 aromatic carbocycles. The third-order valence-electron chi connectivity index (χ3n) is 3.52. The number of ether oxygens (including phenoxy) is 1. The van der Waals surface area contributed by atoms with Gasteiger partial charge in [-0.1, -0.05) is 42.0 Å². The zero-order chi connectivity index (χ0) is 17.8. The van der Waals surface area contributed by atoms with Crippen molar-refractivity contribution >= 4 is 29.7 Å². The van der Waals surface area contributed by atoms with Crippen molar-refractivity contribution in [1.29, 1.82) is 0 Å². The van der Waals surface area contributed by atoms with Gasteiger partial charge in [-0.05, 0) is 30.2 Å². The average Bonchev–Trinajstić information content (AvgIpc) is 2.95. The van der Waals surface area contributed by atoms with Gasteiger partial charge in [0.05, 0.1) is 4.92 Å². The monoisotopic (exact) mass is 334 g/mol. The molecule has 25 heavy (non-hydrogen) atoms. The first kappa shape index (κ1) is 16.3. The normalized spacial score (nSPS) is 15.5. The van der Waals surface area contributed by atoms with Crippen LogP contribution >= 0.6 is 0 Å². The second kappa shape index (κ2) is 6.92. The van der Waals surface area contributed by atoms with E-state index in [0.717, 1.165) is 11.1 Å². The van der Waals surface area contributed by atoms with Crippen molar-refractivity contribution in [2.75, 3.05) is 0 Å². The van der Waals surface area contributed by atoms with E-state index in [0.29, 0.717) is 5.56 Å². The Bertz CT molecular complexity index is 925. The molecule has 3 rings (SSSR count). The van der Waals surface area contributed by atoms with Gasteiger partial charge < -0.3 is 4.74 Å². The second-order valence-corrected chi connectivity index (χ2v) is 5.47. The summed E-state index contributed by atoms with van der Waals surface area (Å²) in [7, 11) is 0. The van der Waals surface area contributed by atoms with E-state index in [-0.39, 0.29) is 17.3 Å². The number of hydrogen-bond acceptors (Lipinski definition) is 5. The maximum Gasteiger partial charge on any atom is 0.363 e. The van der Waals surface area contributed by atoms with E-state index in [1.807, 2.05) is 31.2 Å². The fourth-order valence-corrected chi connectivity index (χ4v) is 2.23. The zero-order valence-corrected chi connectivity index (χ0v) is 13.4. The number of non-ortho nitro benzene ring substituents is 1. The number of hydrogen-bond donors (Lipinski definition) is 0. The van der Waals surface area contributed by atoms with Gasteiger partial charge in [0.15, 0.2) is 5.70 Å². The lowest BCUT2D eigenvalue weighted by Gasteiger charge is -1.95. The Labute approximate surface area is 143 Å². The predicted octanol–water partition coefficient (Wildman–Crippen LogP) is 3.91. The van der Waals surface area contributed by atoms with Crippen molar-refractivity contribution in [3.8, 4) is 0 Å². The van der Waals surface area contributed by atoms with E-state index in [2.05, 4.69) is 4.99 Å². The number of nitro groups is 1. The Morgan fingerprint density at radius 2 is 1.84 bits per heavy atom. The first-order chi connectivity index (χ1) is 12.0. The van der Waals surface area contributed by atoms with Crippen LogP contribution in [0.25, 0.3) is 12.2 Å². The number of carbonyl (C=O) groups is 1. The largest absolute Gasteiger partial charge is 0.403 e. The maximum absolute atomic E-state index is 11.9. The van der Waals surface area contributed by atoms with Crippen LogP contribution in [-0.2, 0) is 9.53 Å². The minimum absolute atomic E-state index is 0.00698. The Morgan fingerprint density at radius 3 is 2.56 bits per heavy atom. The zero-order valence-electron chi connectivity index (χ0n) is 13.4. The summed E-state index contributed by atoms with van der Waals surface area (Å²) in [5.41, 5.74) is 2.80. The van der Waals surface area contributed by atoms with Crippen LogP contribution < -0.4 is 0 Å². The molecular weight excluding hydrogens is 320 g/mol. The van der Waals surface area contributed by atoms with Gasteiger partial charge in [-0.3, -0.25) is 10.1 Å². The molecule has 0 unspecified atom stereocenters. The molecule has 0 bridgehead atoms. The summed E-state index contributed by atoms with van der Waals surface area (Å²) >= 11 is 0. The number of esters is 1. The smallest absolute Gasteiger partial charge is 0.363 e. The number of aliphatic imine (C=N–C) groups is 1. The number of carbonyl (C=O) groups excluding carboxylic acids is 1. The van der Waals surface area contributed by atoms with Gasteiger partial charge in [-0.15, -0.1) is 0 Å². The standard InChI is InChI=1S/C19H14N2O4/c1-13-5-7-15(8-6-13)12-17-19(22)25-18(20-17)10-9-14-3-2-4-16(11-14)21(23)24/h2-12H,1H3/b10-9+,17-12-. The third kappa shape index (κ3) is 4.06. The lowest BCUT2D eigenvalue weighted by Crippen LogP contribution is -2.01. The van der Waals surface area contributed by atoms with Crippen LogP contribution in [0.5, 0.6) is 0 Å². The lowest BCUT2D eigenvalue weighted by molar-refractivity contribution is -0.384. The highest BCUT2D eigenvalue weighted by molar-refractivity contribution is 6.11. The molecule has 124 valence electrons. The summed E-state index contributed by atoms with van der Waals surface area (Å²) < 4.78 is 5.09. The van der Waals surface area contributed by atoms with Gasteiger partial charge in [0.2, 0.25) is 5.90 Å². The van der Waals surface area contributed by atoms with Crippen LogP contribution in [0.4, 0.5) is 5.69 Å². The summed E-state index contributed by atoms with van der Waals surface area (Å²) in [6, 6.07) is 13.8. The molecule has 0 saturated heterocycles. The molecule has 6 heteroatoms. The molecule has 0 N–H and O–H groups in total. The molecule has 0 amide bonds. The molecule has 6 nitrogen and oxygen atoms in total. The summed E-state index contributed by atoms with van der Waals surface area (Å²) in [4.78, 5) is 26.3. The molecule has 1 aliphatic rings. The van der Waals surface area contributed by atoms with E-state index in [9.17, 15) is 14.9 Å². The van der Waals surface area contributed by atoms with Crippen LogP contribution in [-0.4, -0.2) is 16.8 Å². The Balaban J connectivity index is 1.79. The molecule has 1 heterocycles. The van der Waals surface area contributed by atoms with Gasteiger partial charge in [-0.2, -0.15) is 0 Å². The van der Waals surface area contributed by atoms with Crippen molar-refractivity contribution < 1.29 is 14.5 Å². The first-order valence-corrected chi connectivity index (χ1v) is 7.53. The van der Waals surface area contributed by atoms with Crippen molar-refractivity contribution in [3.63, 3.8) is 0 Å². The van der Waals surface area contributed by atoms with Gasteiger partial charge in [-0.25, -0.2) is 9.79 Å². The quantitative estimate of drug-likeness (QED) is 0.367. The van der Waals surface area contributed by atoms with Gasteiger partial charge in [0.25, 0.3) is 5.69 Å². The van der Waals surface area contributed by atoms with Crippen LogP contribution in [0.3, 0.4) is 0 Å². The number of aryl methyl sites for hydroxylation is 1. The number of nitrogens with zero attached hydrogens (tertiary/aromatic N) is 2. The molecule has 0 fully saturated rings. The first-order valence-electron chi connectivity index (χ1n) is 7.53. The highest BCUT2D eigenvalue weighted by atomic mass is 16.6. The highest BCUT2D eigenvalue weighted by Crippen LogP contribution is 2.18. The number of cyclic esters (lactones) is 1. The topological polar surface area (TPSA) is 81.8 Å². The summed E-state index contributed by atoms with van der Waals surface area (Å²) in [6.07, 6.45) is 4.76. The average molecular weight is 334 g/mol. The Kier molecular flexibility index (Phi) is 4.52. The van der Waals surface area contributed by atoms with E-state index in [4.69, 9.17) is 4.74 Å². The van der Waals surface area contributed by atoms with E-state index in [1.165, 1.54) is 18.2 Å². The molecule has 1 aliphatic heterocycles. The molecule has 2 aromatic rings. The van der Waals surface area contributed by atoms with Gasteiger partial charge >= 0.3 is 5.97 Å². The number of rotatable bonds is 4. The fraction of sp³-hybridized carbons (Fsp3) is 0.0526. The predicted molar refractivity (Wildman–Crippen MR) is 94.8 cm³/mol. The van der Waals surface area contributed by atoms with Crippen LogP contribution in [0.1, 0.15) is 16.7 Å². The molecule has 0 atom stereocenters. The number of benzene rings is 2. The molecule has 0 aliphatic carbocycles. The van der Waals surface area contributed by atoms with E-state index >= 15 is 0 Å². The molecule has 0 radical (unpaired) electrons. The van der Waals surface area contributed by atoms with Crippen molar-refractivity contribution in [2.24, 2.45) is 4.99 Å². The van der Waals surface area contributed by atoms with Crippen LogP contribution in [0, 0.1) is 17.0 Å². The van der Waals surface area contributed by atoms with E-state index in [1.54, 1.807) is 24.3 Å². The van der Waals surface area contributed by atoms with Crippen LogP contribution in [0.2, 0.25) is 0 Å². The Hall–Kier alpha value is -3.54.